The fourth-order valence-electron chi connectivity index (χ4n) is 7.24. The minimum absolute atomic E-state index is 0.269. The van der Waals surface area contributed by atoms with Gasteiger partial charge < -0.3 is 5.32 Å². The molecule has 4 aliphatic rings. The third-order valence-corrected chi connectivity index (χ3v) is 8.89. The topological polar surface area (TPSA) is 35.6 Å². The van der Waals surface area contributed by atoms with Gasteiger partial charge in [0.15, 0.2) is 0 Å². The lowest BCUT2D eigenvalue weighted by molar-refractivity contribution is -0.137. The molecule has 1 amide bonds. The Labute approximate surface area is 213 Å². The van der Waals surface area contributed by atoms with Gasteiger partial charge in [-0.25, -0.2) is 0 Å². The maximum absolute atomic E-state index is 12.7. The summed E-state index contributed by atoms with van der Waals surface area (Å²) in [6.45, 7) is 5.51. The maximum atomic E-state index is 12.7. The van der Waals surface area contributed by atoms with Crippen molar-refractivity contribution in [2.45, 2.75) is 82.5 Å². The summed E-state index contributed by atoms with van der Waals surface area (Å²) < 4.78 is 38.0. The normalized spacial score (nSPS) is 28.7. The Bertz CT molecular complexity index is 929. The number of nitrogens with zero attached hydrogens (tertiary/aromatic N) is 2. The highest BCUT2D eigenvalue weighted by Gasteiger charge is 2.45. The Kier molecular flexibility index (Phi) is 8.06. The average molecular weight is 504 g/mol. The number of amides is 1. The number of carbonyl (C=O) groups excluding carboxylic acids is 1. The molecule has 4 nitrogen and oxygen atoms in total. The van der Waals surface area contributed by atoms with Gasteiger partial charge in [0.25, 0.3) is 5.91 Å². The van der Waals surface area contributed by atoms with E-state index in [9.17, 15) is 18.0 Å². The fraction of sp³-hybridized carbons (Fsp3) is 0.690. The zero-order chi connectivity index (χ0) is 25.1. The first kappa shape index (κ1) is 25.8. The number of unbranched alkanes of at least 4 members (excludes halogenated alkanes) is 3. The Hall–Kier alpha value is -1.86. The van der Waals surface area contributed by atoms with Crippen molar-refractivity contribution in [2.75, 3.05) is 32.7 Å². The number of alkyl halides is 3. The lowest BCUT2D eigenvalue weighted by Crippen LogP contribution is -2.59. The zero-order valence-corrected chi connectivity index (χ0v) is 21.2. The lowest BCUT2D eigenvalue weighted by atomic mass is 9.68. The van der Waals surface area contributed by atoms with Gasteiger partial charge in [0.05, 0.1) is 5.56 Å². The number of nitrogens with one attached hydrogen (secondary N) is 1. The van der Waals surface area contributed by atoms with Gasteiger partial charge in [-0.05, 0) is 101 Å². The molecule has 0 aromatic heterocycles. The summed E-state index contributed by atoms with van der Waals surface area (Å²) in [7, 11) is 0. The molecule has 4 atom stereocenters. The molecular weight excluding hydrogens is 463 g/mol. The number of halogens is 3. The average Bonchev–Trinajstić information content (AvgIpc) is 2.87. The van der Waals surface area contributed by atoms with Gasteiger partial charge in [-0.3, -0.25) is 14.6 Å². The molecule has 7 heteroatoms. The third-order valence-electron chi connectivity index (χ3n) is 8.89. The molecule has 0 radical (unpaired) electrons. The van der Waals surface area contributed by atoms with Crippen molar-refractivity contribution < 1.29 is 18.0 Å². The molecule has 5 rings (SSSR count). The van der Waals surface area contributed by atoms with Crippen LogP contribution in [0.3, 0.4) is 0 Å². The summed E-state index contributed by atoms with van der Waals surface area (Å²) in [5, 5.41) is 2.84. The van der Waals surface area contributed by atoms with Crippen LogP contribution < -0.4 is 5.32 Å². The molecule has 1 aromatic carbocycles. The van der Waals surface area contributed by atoms with Crippen LogP contribution in [0.15, 0.2) is 35.9 Å². The van der Waals surface area contributed by atoms with Gasteiger partial charge in [0.1, 0.15) is 0 Å². The number of benzene rings is 1. The molecule has 3 heterocycles. The SMILES string of the molecule is O=C(NCCCCCCN1CCCC2=C[C@@H]3C[C@@H](CN4CCCC[C@H]34)[C@@H]21)c1ccc(C(F)(F)F)cc1. The summed E-state index contributed by atoms with van der Waals surface area (Å²) in [6.07, 6.45) is 10.7. The zero-order valence-electron chi connectivity index (χ0n) is 21.2. The van der Waals surface area contributed by atoms with Crippen LogP contribution in [0.4, 0.5) is 13.2 Å². The smallest absolute Gasteiger partial charge is 0.352 e. The first-order valence-electron chi connectivity index (χ1n) is 14.0. The van der Waals surface area contributed by atoms with E-state index in [0.717, 1.165) is 55.8 Å². The highest BCUT2D eigenvalue weighted by molar-refractivity contribution is 5.94. The second kappa shape index (κ2) is 11.3. The first-order chi connectivity index (χ1) is 17.4. The second-order valence-corrected chi connectivity index (χ2v) is 11.3. The van der Waals surface area contributed by atoms with Crippen LogP contribution in [0.2, 0.25) is 0 Å². The van der Waals surface area contributed by atoms with Crippen LogP contribution >= 0.6 is 0 Å². The van der Waals surface area contributed by atoms with Crippen molar-refractivity contribution in [2.24, 2.45) is 11.8 Å². The molecule has 198 valence electrons. The molecule has 36 heavy (non-hydrogen) atoms. The summed E-state index contributed by atoms with van der Waals surface area (Å²) in [6, 6.07) is 5.86. The van der Waals surface area contributed by atoms with E-state index in [4.69, 9.17) is 0 Å². The van der Waals surface area contributed by atoms with E-state index in [1.807, 2.05) is 0 Å². The van der Waals surface area contributed by atoms with E-state index in [0.29, 0.717) is 12.6 Å². The fourth-order valence-corrected chi connectivity index (χ4v) is 7.24. The highest BCUT2D eigenvalue weighted by Crippen LogP contribution is 2.45. The Balaban J connectivity index is 1.02. The minimum Gasteiger partial charge on any atom is -0.352 e. The van der Waals surface area contributed by atoms with E-state index >= 15 is 0 Å². The molecule has 1 N–H and O–H groups in total. The molecule has 0 unspecified atom stereocenters. The van der Waals surface area contributed by atoms with E-state index in [-0.39, 0.29) is 11.5 Å². The van der Waals surface area contributed by atoms with Crippen molar-refractivity contribution in [1.29, 1.82) is 0 Å². The van der Waals surface area contributed by atoms with E-state index in [2.05, 4.69) is 21.2 Å². The summed E-state index contributed by atoms with van der Waals surface area (Å²) in [5.41, 5.74) is 1.27. The number of hydrogen-bond acceptors (Lipinski definition) is 3. The maximum Gasteiger partial charge on any atom is 0.416 e. The quantitative estimate of drug-likeness (QED) is 0.355. The van der Waals surface area contributed by atoms with Crippen LogP contribution in [-0.2, 0) is 6.18 Å². The number of rotatable bonds is 8. The Morgan fingerprint density at radius 3 is 2.61 bits per heavy atom. The van der Waals surface area contributed by atoms with Crippen molar-refractivity contribution in [1.82, 2.24) is 15.1 Å². The van der Waals surface area contributed by atoms with E-state index in [1.165, 1.54) is 76.7 Å². The largest absolute Gasteiger partial charge is 0.416 e. The van der Waals surface area contributed by atoms with Crippen LogP contribution in [0.1, 0.15) is 80.1 Å². The number of fused-ring (bicyclic) bond motifs is 6. The van der Waals surface area contributed by atoms with Gasteiger partial charge in [0, 0.05) is 30.7 Å². The highest BCUT2D eigenvalue weighted by atomic mass is 19.4. The second-order valence-electron chi connectivity index (χ2n) is 11.3. The van der Waals surface area contributed by atoms with Crippen LogP contribution in [-0.4, -0.2) is 60.5 Å². The Morgan fingerprint density at radius 1 is 1.00 bits per heavy atom. The predicted molar refractivity (Wildman–Crippen MR) is 136 cm³/mol. The molecule has 0 saturated carbocycles. The van der Waals surface area contributed by atoms with E-state index < -0.39 is 11.7 Å². The van der Waals surface area contributed by atoms with Crippen LogP contribution in [0.5, 0.6) is 0 Å². The predicted octanol–water partition coefficient (Wildman–Crippen LogP) is 5.89. The first-order valence-corrected chi connectivity index (χ1v) is 14.0. The van der Waals surface area contributed by atoms with Gasteiger partial charge in [-0.1, -0.05) is 30.9 Å². The molecular formula is C29H40F3N3O. The van der Waals surface area contributed by atoms with Gasteiger partial charge >= 0.3 is 6.18 Å². The Morgan fingerprint density at radius 2 is 1.81 bits per heavy atom. The summed E-state index contributed by atoms with van der Waals surface area (Å²) >= 11 is 0. The number of piperidine rings is 3. The van der Waals surface area contributed by atoms with Crippen molar-refractivity contribution in [3.05, 3.63) is 47.0 Å². The van der Waals surface area contributed by atoms with Gasteiger partial charge in [-0.2, -0.15) is 13.2 Å². The summed E-state index contributed by atoms with van der Waals surface area (Å²) in [5.74, 6) is 1.27. The van der Waals surface area contributed by atoms with Crippen LogP contribution in [0.25, 0.3) is 0 Å². The molecule has 3 saturated heterocycles. The number of carbonyl (C=O) groups is 1. The van der Waals surface area contributed by atoms with E-state index in [1.54, 1.807) is 5.57 Å². The standard InChI is InChI=1S/C29H40F3N3O/c30-29(31,32)25-12-10-21(11-13-25)28(36)33-14-4-1-2-5-15-34-17-7-8-22-18-23-19-24(27(22)34)20-35-16-6-3-9-26(23)35/h10-13,18,23-24,26-27H,1-9,14-17,19-20H2,(H,33,36)/t23-,24+,26-,27-/m1/s1. The third kappa shape index (κ3) is 5.83. The van der Waals surface area contributed by atoms with Gasteiger partial charge in [-0.15, -0.1) is 0 Å². The number of likely N-dealkylation sites (tertiary alicyclic amines) is 1. The summed E-state index contributed by atoms with van der Waals surface area (Å²) in [4.78, 5) is 17.8. The van der Waals surface area contributed by atoms with Crippen LogP contribution in [0, 0.1) is 11.8 Å². The monoisotopic (exact) mass is 503 g/mol. The molecule has 0 spiro atoms. The van der Waals surface area contributed by atoms with Gasteiger partial charge in [0.2, 0.25) is 0 Å². The molecule has 3 fully saturated rings. The molecule has 1 aromatic rings. The molecule has 3 aliphatic heterocycles. The van der Waals surface area contributed by atoms with Crippen molar-refractivity contribution >= 4 is 5.91 Å². The lowest BCUT2D eigenvalue weighted by Gasteiger charge is -2.55. The minimum atomic E-state index is -4.38. The van der Waals surface area contributed by atoms with Crippen molar-refractivity contribution in [3.8, 4) is 0 Å². The molecule has 1 aliphatic carbocycles. The van der Waals surface area contributed by atoms with Crippen molar-refractivity contribution in [3.63, 3.8) is 0 Å². The number of hydrogen-bond donors (Lipinski definition) is 1. The molecule has 2 bridgehead atoms.